The van der Waals surface area contributed by atoms with Gasteiger partial charge in [0.25, 0.3) is 0 Å². The molecule has 2 amide bonds. The van der Waals surface area contributed by atoms with Crippen molar-refractivity contribution >= 4 is 28.6 Å². The van der Waals surface area contributed by atoms with Gasteiger partial charge in [0, 0.05) is 6.42 Å². The number of fused-ring (bicyclic) bond motifs is 1. The summed E-state index contributed by atoms with van der Waals surface area (Å²) in [4.78, 5) is 38.4. The number of benzene rings is 2. The molecule has 1 atom stereocenters. The van der Waals surface area contributed by atoms with Crippen LogP contribution in [0.15, 0.2) is 60.3 Å². The Balaban J connectivity index is 1.88. The Morgan fingerprint density at radius 2 is 1.96 bits per heavy atom. The van der Waals surface area contributed by atoms with Crippen molar-refractivity contribution in [2.45, 2.75) is 19.9 Å². The molecule has 0 radical (unpaired) electrons. The van der Waals surface area contributed by atoms with Crippen molar-refractivity contribution in [3.63, 3.8) is 0 Å². The van der Waals surface area contributed by atoms with Crippen molar-refractivity contribution in [3.05, 3.63) is 65.9 Å². The number of ether oxygens (including phenoxy) is 1. The number of nitrogens with zero attached hydrogens (tertiary/aromatic N) is 1. The van der Waals surface area contributed by atoms with Gasteiger partial charge < -0.3 is 4.74 Å². The van der Waals surface area contributed by atoms with E-state index in [0.29, 0.717) is 0 Å². The third-order valence-corrected chi connectivity index (χ3v) is 4.49. The average molecular weight is 349 g/mol. The lowest BCUT2D eigenvalue weighted by Crippen LogP contribution is -2.31. The molecule has 132 valence electrons. The summed E-state index contributed by atoms with van der Waals surface area (Å²) in [5.74, 6) is -2.26. The zero-order valence-electron chi connectivity index (χ0n) is 14.5. The second-order valence-corrected chi connectivity index (χ2v) is 6.02. The fourth-order valence-corrected chi connectivity index (χ4v) is 3.22. The first-order valence-electron chi connectivity index (χ1n) is 8.44. The van der Waals surface area contributed by atoms with E-state index in [1.54, 1.807) is 6.92 Å². The van der Waals surface area contributed by atoms with E-state index in [1.807, 2.05) is 42.5 Å². The normalized spacial score (nSPS) is 16.7. The highest BCUT2D eigenvalue weighted by molar-refractivity contribution is 6.09. The van der Waals surface area contributed by atoms with Gasteiger partial charge in [0.05, 0.1) is 24.6 Å². The van der Waals surface area contributed by atoms with Crippen LogP contribution in [0.1, 0.15) is 18.9 Å². The maximum absolute atomic E-state index is 12.8. The Morgan fingerprint density at radius 3 is 2.69 bits per heavy atom. The van der Waals surface area contributed by atoms with Crippen LogP contribution in [0.25, 0.3) is 10.8 Å². The molecule has 0 N–H and O–H groups in total. The molecule has 1 saturated heterocycles. The lowest BCUT2D eigenvalue weighted by molar-refractivity contribution is -0.143. The van der Waals surface area contributed by atoms with E-state index in [-0.39, 0.29) is 31.1 Å². The molecule has 0 unspecified atom stereocenters. The molecule has 1 aliphatic rings. The molecule has 0 spiro atoms. The quantitative estimate of drug-likeness (QED) is 0.360. The fourth-order valence-electron chi connectivity index (χ4n) is 3.22. The third kappa shape index (κ3) is 3.17. The number of carbonyl (C=O) groups excluding carboxylic acids is 3. The summed E-state index contributed by atoms with van der Waals surface area (Å²) in [6.07, 6.45) is -0.0692. The van der Waals surface area contributed by atoms with E-state index in [9.17, 15) is 14.4 Å². The number of hydrogen-bond donors (Lipinski definition) is 0. The average Bonchev–Trinajstić information content (AvgIpc) is 2.91. The van der Waals surface area contributed by atoms with E-state index in [2.05, 4.69) is 12.3 Å². The summed E-state index contributed by atoms with van der Waals surface area (Å²) in [5, 5.41) is 2.03. The molecule has 5 nitrogen and oxygen atoms in total. The maximum atomic E-state index is 12.8. The molecule has 2 aromatic carbocycles. The SMILES string of the molecule is C=C=C(C(=O)OCC)[C@H]1CC(=O)N(Cc2cccc3ccccc23)C1=O. The molecule has 2 aromatic rings. The summed E-state index contributed by atoms with van der Waals surface area (Å²) >= 11 is 0. The maximum Gasteiger partial charge on any atom is 0.342 e. The van der Waals surface area contributed by atoms with Crippen LogP contribution in [0, 0.1) is 5.92 Å². The number of likely N-dealkylation sites (tertiary alicyclic amines) is 1. The number of carbonyl (C=O) groups is 3. The molecule has 0 saturated carbocycles. The predicted octanol–water partition coefficient (Wildman–Crippen LogP) is 2.99. The summed E-state index contributed by atoms with van der Waals surface area (Å²) in [6.45, 7) is 5.50. The second-order valence-electron chi connectivity index (χ2n) is 6.02. The highest BCUT2D eigenvalue weighted by atomic mass is 16.5. The van der Waals surface area contributed by atoms with Crippen LogP contribution >= 0.6 is 0 Å². The van der Waals surface area contributed by atoms with Crippen molar-refractivity contribution in [3.8, 4) is 0 Å². The predicted molar refractivity (Wildman–Crippen MR) is 96.9 cm³/mol. The minimum atomic E-state index is -0.881. The van der Waals surface area contributed by atoms with Gasteiger partial charge in [0.1, 0.15) is 0 Å². The van der Waals surface area contributed by atoms with Crippen LogP contribution in [-0.2, 0) is 25.7 Å². The Kier molecular flexibility index (Phi) is 5.01. The zero-order chi connectivity index (χ0) is 18.7. The lowest BCUT2D eigenvalue weighted by atomic mass is 9.98. The van der Waals surface area contributed by atoms with Crippen molar-refractivity contribution < 1.29 is 19.1 Å². The van der Waals surface area contributed by atoms with Gasteiger partial charge >= 0.3 is 5.97 Å². The Morgan fingerprint density at radius 1 is 1.23 bits per heavy atom. The highest BCUT2D eigenvalue weighted by Crippen LogP contribution is 2.29. The monoisotopic (exact) mass is 349 g/mol. The first-order chi connectivity index (χ1) is 12.6. The number of imide groups is 1. The minimum absolute atomic E-state index is 0.0191. The zero-order valence-corrected chi connectivity index (χ0v) is 14.5. The van der Waals surface area contributed by atoms with Gasteiger partial charge in [-0.1, -0.05) is 49.0 Å². The van der Waals surface area contributed by atoms with Crippen molar-refractivity contribution in [1.82, 2.24) is 4.90 Å². The smallest absolute Gasteiger partial charge is 0.342 e. The second kappa shape index (κ2) is 7.38. The first kappa shape index (κ1) is 17.6. The van der Waals surface area contributed by atoms with Gasteiger partial charge in [-0.05, 0) is 23.3 Å². The Bertz CT molecular complexity index is 935. The molecular weight excluding hydrogens is 330 g/mol. The van der Waals surface area contributed by atoms with Gasteiger partial charge in [0.15, 0.2) is 0 Å². The molecule has 1 aliphatic heterocycles. The fraction of sp³-hybridized carbons (Fsp3) is 0.238. The Hall–Kier alpha value is -3.17. The number of hydrogen-bond acceptors (Lipinski definition) is 4. The molecule has 1 heterocycles. The molecule has 0 aliphatic carbocycles. The number of rotatable bonds is 5. The summed E-state index contributed by atoms with van der Waals surface area (Å²) < 4.78 is 4.94. The molecule has 0 aromatic heterocycles. The van der Waals surface area contributed by atoms with Crippen molar-refractivity contribution in [2.24, 2.45) is 5.92 Å². The summed E-state index contributed by atoms with van der Waals surface area (Å²) in [5.41, 5.74) is 3.39. The van der Waals surface area contributed by atoms with Crippen LogP contribution < -0.4 is 0 Å². The van der Waals surface area contributed by atoms with Crippen LogP contribution in [-0.4, -0.2) is 29.3 Å². The van der Waals surface area contributed by atoms with Gasteiger partial charge in [-0.15, -0.1) is 5.73 Å². The standard InChI is InChI=1S/C21H19NO4/c1-3-16(21(25)26-4-2)18-12-19(23)22(20(18)24)13-15-10-7-9-14-8-5-6-11-17(14)15/h5-11,18H,1,4,12-13H2,2H3/t18-/m1/s1. The van der Waals surface area contributed by atoms with E-state index < -0.39 is 17.8 Å². The van der Waals surface area contributed by atoms with E-state index >= 15 is 0 Å². The number of esters is 1. The van der Waals surface area contributed by atoms with Crippen LogP contribution in [0.5, 0.6) is 0 Å². The van der Waals surface area contributed by atoms with Gasteiger partial charge in [-0.25, -0.2) is 4.79 Å². The molecule has 3 rings (SSSR count). The molecular formula is C21H19NO4. The summed E-state index contributed by atoms with van der Waals surface area (Å²) in [6, 6.07) is 13.6. The minimum Gasteiger partial charge on any atom is -0.462 e. The highest BCUT2D eigenvalue weighted by Gasteiger charge is 2.43. The third-order valence-electron chi connectivity index (χ3n) is 4.49. The topological polar surface area (TPSA) is 63.7 Å². The van der Waals surface area contributed by atoms with E-state index in [1.165, 1.54) is 4.90 Å². The lowest BCUT2D eigenvalue weighted by Gasteiger charge is -2.17. The molecule has 5 heteroatoms. The van der Waals surface area contributed by atoms with Crippen LogP contribution in [0.3, 0.4) is 0 Å². The van der Waals surface area contributed by atoms with Crippen LogP contribution in [0.2, 0.25) is 0 Å². The van der Waals surface area contributed by atoms with Gasteiger partial charge in [-0.2, -0.15) is 0 Å². The largest absolute Gasteiger partial charge is 0.462 e. The van der Waals surface area contributed by atoms with Crippen molar-refractivity contribution in [2.75, 3.05) is 6.61 Å². The van der Waals surface area contributed by atoms with Crippen LogP contribution in [0.4, 0.5) is 0 Å². The Labute approximate surface area is 151 Å². The number of amides is 2. The van der Waals surface area contributed by atoms with Gasteiger partial charge in [0.2, 0.25) is 11.8 Å². The molecule has 26 heavy (non-hydrogen) atoms. The first-order valence-corrected chi connectivity index (χ1v) is 8.44. The molecule has 0 bridgehead atoms. The van der Waals surface area contributed by atoms with E-state index in [4.69, 9.17) is 4.74 Å². The molecule has 1 fully saturated rings. The summed E-state index contributed by atoms with van der Waals surface area (Å²) in [7, 11) is 0. The van der Waals surface area contributed by atoms with Crippen molar-refractivity contribution in [1.29, 1.82) is 0 Å². The van der Waals surface area contributed by atoms with E-state index in [0.717, 1.165) is 16.3 Å². The van der Waals surface area contributed by atoms with Gasteiger partial charge in [-0.3, -0.25) is 14.5 Å².